The zero-order valence-corrected chi connectivity index (χ0v) is 13.9. The molecular weight excluding hydrogens is 310 g/mol. The van der Waals surface area contributed by atoms with Crippen molar-refractivity contribution in [3.8, 4) is 5.75 Å². The Morgan fingerprint density at radius 1 is 1.26 bits per heavy atom. The van der Waals surface area contributed by atoms with Gasteiger partial charge in [-0.3, -0.25) is 4.79 Å². The first kappa shape index (κ1) is 15.6. The van der Waals surface area contributed by atoms with Crippen LogP contribution in [-0.4, -0.2) is 12.5 Å². The van der Waals surface area contributed by atoms with Gasteiger partial charge in [0.1, 0.15) is 12.4 Å². The molecule has 0 aromatic heterocycles. The van der Waals surface area contributed by atoms with Crippen LogP contribution in [0, 0.1) is 6.92 Å². The summed E-state index contributed by atoms with van der Waals surface area (Å²) in [5.41, 5.74) is 4.36. The number of anilines is 1. The van der Waals surface area contributed by atoms with Gasteiger partial charge in [0.15, 0.2) is 0 Å². The maximum atomic E-state index is 12.4. The predicted molar refractivity (Wildman–Crippen MR) is 94.1 cm³/mol. The second-order valence-corrected chi connectivity index (χ2v) is 6.03. The number of halogens is 1. The summed E-state index contributed by atoms with van der Waals surface area (Å²) in [5, 5.41) is 3.49. The van der Waals surface area contributed by atoms with E-state index in [1.807, 2.05) is 43.3 Å². The van der Waals surface area contributed by atoms with Crippen LogP contribution in [-0.2, 0) is 11.2 Å². The lowest BCUT2D eigenvalue weighted by atomic mass is 10.0. The highest BCUT2D eigenvalue weighted by atomic mass is 35.5. The number of fused-ring (bicyclic) bond motifs is 1. The van der Waals surface area contributed by atoms with Gasteiger partial charge in [-0.25, -0.2) is 0 Å². The van der Waals surface area contributed by atoms with Crippen LogP contribution >= 0.6 is 11.6 Å². The molecule has 0 spiro atoms. The monoisotopic (exact) mass is 327 g/mol. The summed E-state index contributed by atoms with van der Waals surface area (Å²) in [7, 11) is 0. The van der Waals surface area contributed by atoms with Crippen LogP contribution in [0.2, 0.25) is 5.02 Å². The molecule has 1 aliphatic rings. The third-order valence-electron chi connectivity index (χ3n) is 3.85. The second-order valence-electron chi connectivity index (χ2n) is 5.62. The minimum Gasteiger partial charge on any atom is -0.488 e. The quantitative estimate of drug-likeness (QED) is 0.893. The number of carbonyl (C=O) groups is 1. The van der Waals surface area contributed by atoms with Crippen molar-refractivity contribution in [2.24, 2.45) is 0 Å². The highest BCUT2D eigenvalue weighted by Gasteiger charge is 2.19. The molecule has 4 heteroatoms. The molecule has 0 atom stereocenters. The topological polar surface area (TPSA) is 38.3 Å². The van der Waals surface area contributed by atoms with Gasteiger partial charge in [-0.2, -0.15) is 0 Å². The van der Waals surface area contributed by atoms with Gasteiger partial charge in [-0.05, 0) is 54.8 Å². The van der Waals surface area contributed by atoms with E-state index in [4.69, 9.17) is 16.3 Å². The first-order valence-corrected chi connectivity index (χ1v) is 7.98. The van der Waals surface area contributed by atoms with Gasteiger partial charge < -0.3 is 10.1 Å². The van der Waals surface area contributed by atoms with Gasteiger partial charge in [0, 0.05) is 11.3 Å². The molecule has 3 rings (SSSR count). The summed E-state index contributed by atoms with van der Waals surface area (Å²) in [6.07, 6.45) is 2.78. The first-order valence-electron chi connectivity index (χ1n) is 7.60. The molecule has 0 aliphatic carbocycles. The molecule has 1 amide bonds. The molecule has 3 nitrogen and oxygen atoms in total. The highest BCUT2D eigenvalue weighted by Crippen LogP contribution is 2.33. The predicted octanol–water partition coefficient (Wildman–Crippen LogP) is 4.63. The zero-order valence-electron chi connectivity index (χ0n) is 13.2. The molecule has 0 radical (unpaired) electrons. The average molecular weight is 328 g/mol. The van der Waals surface area contributed by atoms with Crippen LogP contribution in [0.5, 0.6) is 5.75 Å². The van der Waals surface area contributed by atoms with Crippen molar-refractivity contribution >= 4 is 29.3 Å². The van der Waals surface area contributed by atoms with Crippen molar-refractivity contribution in [1.82, 2.24) is 0 Å². The molecule has 0 unspecified atom stereocenters. The van der Waals surface area contributed by atoms with Crippen molar-refractivity contribution < 1.29 is 9.53 Å². The minimum atomic E-state index is -0.170. The largest absolute Gasteiger partial charge is 0.488 e. The minimum absolute atomic E-state index is 0.170. The average Bonchev–Trinajstić information content (AvgIpc) is 2.55. The molecule has 1 aliphatic heterocycles. The van der Waals surface area contributed by atoms with Crippen LogP contribution in [0.25, 0.3) is 6.08 Å². The van der Waals surface area contributed by atoms with Gasteiger partial charge in [0.05, 0.1) is 10.6 Å². The Labute approximate surface area is 140 Å². The molecule has 118 valence electrons. The summed E-state index contributed by atoms with van der Waals surface area (Å²) in [6.45, 7) is 4.30. The Hall–Kier alpha value is -2.26. The number of carbonyl (C=O) groups excluding carboxylic acids is 1. The maximum Gasteiger partial charge on any atom is 0.255 e. The molecule has 0 saturated carbocycles. The summed E-state index contributed by atoms with van der Waals surface area (Å²) < 4.78 is 5.68. The molecule has 1 N–H and O–H groups in total. The Morgan fingerprint density at radius 3 is 2.70 bits per heavy atom. The van der Waals surface area contributed by atoms with E-state index >= 15 is 0 Å². The number of nitrogens with one attached hydrogen (secondary N) is 1. The Morgan fingerprint density at radius 2 is 2.00 bits per heavy atom. The van der Waals surface area contributed by atoms with Crippen molar-refractivity contribution in [1.29, 1.82) is 0 Å². The molecular formula is C19H18ClNO2. The SMILES string of the molecule is CCc1ccc(NC(=O)C2=Cc3c(Cl)cc(C)cc3OC2)cc1. The van der Waals surface area contributed by atoms with E-state index in [0.29, 0.717) is 10.6 Å². The fourth-order valence-electron chi connectivity index (χ4n) is 2.52. The molecule has 1 heterocycles. The third-order valence-corrected chi connectivity index (χ3v) is 4.16. The number of aryl methyl sites for hydroxylation is 2. The van der Waals surface area contributed by atoms with Crippen molar-refractivity contribution in [3.63, 3.8) is 0 Å². The number of hydrogen-bond donors (Lipinski definition) is 1. The van der Waals surface area contributed by atoms with E-state index in [2.05, 4.69) is 12.2 Å². The van der Waals surface area contributed by atoms with Crippen LogP contribution in [0.4, 0.5) is 5.69 Å². The molecule has 23 heavy (non-hydrogen) atoms. The standard InChI is InChI=1S/C19H18ClNO2/c1-3-13-4-6-15(7-5-13)21-19(22)14-10-16-17(20)8-12(2)9-18(16)23-11-14/h4-10H,3,11H2,1-2H3,(H,21,22). The van der Waals surface area contributed by atoms with Crippen molar-refractivity contribution in [3.05, 3.63) is 63.7 Å². The normalized spacial score (nSPS) is 12.9. The Kier molecular flexibility index (Phi) is 4.39. The van der Waals surface area contributed by atoms with Crippen LogP contribution in [0.15, 0.2) is 42.0 Å². The Balaban J connectivity index is 1.81. The van der Waals surface area contributed by atoms with Gasteiger partial charge in [-0.15, -0.1) is 0 Å². The number of benzene rings is 2. The summed E-state index contributed by atoms with van der Waals surface area (Å²) in [4.78, 5) is 12.4. The molecule has 2 aromatic rings. The van der Waals surface area contributed by atoms with Gasteiger partial charge in [-0.1, -0.05) is 30.7 Å². The number of hydrogen-bond acceptors (Lipinski definition) is 2. The maximum absolute atomic E-state index is 12.4. The van der Waals surface area contributed by atoms with E-state index in [9.17, 15) is 4.79 Å². The fourth-order valence-corrected chi connectivity index (χ4v) is 2.84. The Bertz CT molecular complexity index is 779. The highest BCUT2D eigenvalue weighted by molar-refractivity contribution is 6.32. The van der Waals surface area contributed by atoms with E-state index in [0.717, 1.165) is 29.0 Å². The zero-order chi connectivity index (χ0) is 16.4. The summed E-state index contributed by atoms with van der Waals surface area (Å²) >= 11 is 6.25. The molecule has 2 aromatic carbocycles. The molecule has 0 saturated heterocycles. The third kappa shape index (κ3) is 3.40. The van der Waals surface area contributed by atoms with Crippen molar-refractivity contribution in [2.75, 3.05) is 11.9 Å². The van der Waals surface area contributed by atoms with Crippen LogP contribution < -0.4 is 10.1 Å². The lowest BCUT2D eigenvalue weighted by Crippen LogP contribution is -2.21. The van der Waals surface area contributed by atoms with E-state index in [-0.39, 0.29) is 12.5 Å². The second kappa shape index (κ2) is 6.47. The summed E-state index contributed by atoms with van der Waals surface area (Å²) in [5.74, 6) is 0.551. The van der Waals surface area contributed by atoms with Crippen molar-refractivity contribution in [2.45, 2.75) is 20.3 Å². The first-order chi connectivity index (χ1) is 11.1. The fraction of sp³-hybridized carbons (Fsp3) is 0.211. The lowest BCUT2D eigenvalue weighted by Gasteiger charge is -2.19. The van der Waals surface area contributed by atoms with Gasteiger partial charge in [0.2, 0.25) is 0 Å². The van der Waals surface area contributed by atoms with Crippen LogP contribution in [0.3, 0.4) is 0 Å². The number of amides is 1. The molecule has 0 bridgehead atoms. The number of rotatable bonds is 3. The lowest BCUT2D eigenvalue weighted by molar-refractivity contribution is -0.113. The van der Waals surface area contributed by atoms with E-state index in [1.165, 1.54) is 5.56 Å². The summed E-state index contributed by atoms with van der Waals surface area (Å²) in [6, 6.07) is 11.6. The van der Waals surface area contributed by atoms with E-state index in [1.54, 1.807) is 6.08 Å². The molecule has 0 fully saturated rings. The smallest absolute Gasteiger partial charge is 0.255 e. The van der Waals surface area contributed by atoms with E-state index < -0.39 is 0 Å². The van der Waals surface area contributed by atoms with Crippen LogP contribution in [0.1, 0.15) is 23.6 Å². The van der Waals surface area contributed by atoms with Gasteiger partial charge in [0.25, 0.3) is 5.91 Å². The number of ether oxygens (including phenoxy) is 1. The van der Waals surface area contributed by atoms with Gasteiger partial charge >= 0.3 is 0 Å².